The van der Waals surface area contributed by atoms with E-state index in [1.807, 2.05) is 131 Å². The fourth-order valence-corrected chi connectivity index (χ4v) is 12.4. The van der Waals surface area contributed by atoms with Gasteiger partial charge in [-0.25, -0.2) is 19.4 Å². The Balaban J connectivity index is 1.24. The standard InChI is InChI=1S/C73H113N3O20/c1-20-51-53-34-50(77)23-25-56(53)75-63-54(51)39-76-57(63)35-55-52(64(76)86)24-22-47(3)73(55,21-2)46-88-62(85)38-74-58(78)42-93-65(4,5)28-32-91-71(16,17)48(36-69(12,13)89-30-26-66(6,7)94-43-59(79)80)40-87-41-49(72(18,19)92-33-29-68(10,11)96-45-61(83)84)37-70(14,15)90-31-27-67(8,9)95-44-60(81)82/h23,25,34-35,48-49,77H,3,20-22,24,26-33,36-46H2,1-2,4-19H3,(H,74,78)(H,79,80)(H,81,82)(H,83,84). The highest BCUT2D eigenvalue weighted by atomic mass is 16.6. The lowest BCUT2D eigenvalue weighted by molar-refractivity contribution is -0.158. The molecule has 1 aliphatic heterocycles. The van der Waals surface area contributed by atoms with E-state index in [1.54, 1.807) is 22.8 Å². The number of pyridine rings is 2. The van der Waals surface area contributed by atoms with Crippen LogP contribution < -0.4 is 10.9 Å². The van der Waals surface area contributed by atoms with Crippen LogP contribution in [-0.4, -0.2) is 184 Å². The molecule has 1 aromatic carbocycles. The van der Waals surface area contributed by atoms with Crippen LogP contribution in [0.4, 0.5) is 0 Å². The third-order valence-electron chi connectivity index (χ3n) is 19.1. The number of phenols is 1. The number of amides is 1. The summed E-state index contributed by atoms with van der Waals surface area (Å²) in [5, 5.41) is 41.6. The second kappa shape index (κ2) is 33.3. The fraction of sp³-hybridized carbons (Fsp3) is 0.712. The summed E-state index contributed by atoms with van der Waals surface area (Å²) in [6.45, 7) is 38.6. The number of esters is 1. The predicted molar refractivity (Wildman–Crippen MR) is 364 cm³/mol. The van der Waals surface area contributed by atoms with Crippen molar-refractivity contribution in [2.75, 3.05) is 79.2 Å². The van der Waals surface area contributed by atoms with Gasteiger partial charge in [0.05, 0.1) is 113 Å². The van der Waals surface area contributed by atoms with Crippen molar-refractivity contribution in [3.63, 3.8) is 0 Å². The zero-order valence-electron chi connectivity index (χ0n) is 60.6. The topological polar surface area (TPSA) is 305 Å². The van der Waals surface area contributed by atoms with Crippen molar-refractivity contribution in [2.24, 2.45) is 11.8 Å². The van der Waals surface area contributed by atoms with E-state index < -0.39 is 106 Å². The summed E-state index contributed by atoms with van der Waals surface area (Å²) in [6.07, 6.45) is 4.78. The third kappa shape index (κ3) is 23.7. The van der Waals surface area contributed by atoms with Crippen LogP contribution in [0.15, 0.2) is 41.2 Å². The largest absolute Gasteiger partial charge is 0.508 e. The molecule has 5 N–H and O–H groups in total. The molecular weight excluding hydrogens is 1240 g/mol. The van der Waals surface area contributed by atoms with Crippen LogP contribution in [0.1, 0.15) is 198 Å². The smallest absolute Gasteiger partial charge is 0.329 e. The Morgan fingerprint density at radius 1 is 0.615 bits per heavy atom. The quantitative estimate of drug-likeness (QED) is 0.0203. The Bertz CT molecular complexity index is 3250. The zero-order chi connectivity index (χ0) is 72.0. The third-order valence-corrected chi connectivity index (χ3v) is 19.1. The lowest BCUT2D eigenvalue weighted by Crippen LogP contribution is -2.46. The average molecular weight is 1350 g/mol. The number of ether oxygens (including phenoxy) is 10. The number of aryl methyl sites for hydroxylation is 1. The first-order chi connectivity index (χ1) is 44.4. The first-order valence-corrected chi connectivity index (χ1v) is 33.7. The summed E-state index contributed by atoms with van der Waals surface area (Å²) >= 11 is 0. The van der Waals surface area contributed by atoms with Gasteiger partial charge in [-0.3, -0.25) is 14.4 Å². The van der Waals surface area contributed by atoms with Crippen molar-refractivity contribution in [1.82, 2.24) is 14.9 Å². The van der Waals surface area contributed by atoms with Gasteiger partial charge in [0.1, 0.15) is 45.3 Å². The van der Waals surface area contributed by atoms with Crippen molar-refractivity contribution in [2.45, 2.75) is 246 Å². The van der Waals surface area contributed by atoms with Gasteiger partial charge in [0.15, 0.2) is 0 Å². The van der Waals surface area contributed by atoms with Gasteiger partial charge >= 0.3 is 23.9 Å². The van der Waals surface area contributed by atoms with Crippen molar-refractivity contribution in [1.29, 1.82) is 0 Å². The van der Waals surface area contributed by atoms with Crippen LogP contribution in [0.2, 0.25) is 0 Å². The molecule has 0 spiro atoms. The first kappa shape index (κ1) is 80.8. The molecule has 1 amide bonds. The molecule has 96 heavy (non-hydrogen) atoms. The number of carboxylic acid groups (broad SMARTS) is 3. The molecule has 0 radical (unpaired) electrons. The molecule has 0 saturated carbocycles. The number of fused-ring (bicyclic) bond motifs is 5. The Labute approximate surface area is 567 Å². The van der Waals surface area contributed by atoms with Crippen LogP contribution in [0.25, 0.3) is 22.3 Å². The SMILES string of the molecule is C=C1CCc2c(cc3n(c2=O)Cc2c-3nc3ccc(O)cc3c2CC)C1(CC)COC(=O)CNC(=O)COC(C)(C)CCOC(C)(C)C(COCC(CC(C)(C)OCCC(C)(C)OCC(=O)O)C(C)(C)OCCC(C)(C)OCC(=O)O)CC(C)(C)OCCC(C)(C)OCC(=O)O. The molecule has 3 aromatic rings. The minimum absolute atomic E-state index is 0.0845. The highest BCUT2D eigenvalue weighted by Crippen LogP contribution is 2.46. The van der Waals surface area contributed by atoms with Crippen LogP contribution in [0.5, 0.6) is 5.75 Å². The molecule has 23 nitrogen and oxygen atoms in total. The summed E-state index contributed by atoms with van der Waals surface area (Å²) in [5.41, 5.74) is -0.916. The Morgan fingerprint density at radius 3 is 1.52 bits per heavy atom. The predicted octanol–water partition coefficient (Wildman–Crippen LogP) is 10.7. The molecule has 3 heterocycles. The molecule has 0 bridgehead atoms. The van der Waals surface area contributed by atoms with Gasteiger partial charge in [-0.15, -0.1) is 0 Å². The number of phenolic OH excluding ortho intramolecular Hbond substituents is 1. The minimum Gasteiger partial charge on any atom is -0.508 e. The number of carboxylic acids is 3. The molecule has 1 aliphatic carbocycles. The number of hydrogen-bond acceptors (Lipinski definition) is 18. The Morgan fingerprint density at radius 2 is 1.07 bits per heavy atom. The average Bonchev–Trinajstić information content (AvgIpc) is 1.46. The second-order valence-electron chi connectivity index (χ2n) is 30.6. The zero-order valence-corrected chi connectivity index (χ0v) is 60.6. The minimum atomic E-state index is -1.07. The number of carbonyl (C=O) groups excluding carboxylic acids is 2. The number of aliphatic carboxylic acids is 3. The Hall–Kier alpha value is -5.89. The number of nitrogens with one attached hydrogen (secondary N) is 1. The molecule has 2 aliphatic rings. The monoisotopic (exact) mass is 1350 g/mol. The van der Waals surface area contributed by atoms with Crippen molar-refractivity contribution in [3.05, 3.63) is 69.0 Å². The van der Waals surface area contributed by atoms with Gasteiger partial charge in [-0.2, -0.15) is 0 Å². The van der Waals surface area contributed by atoms with E-state index in [9.17, 15) is 49.2 Å². The highest BCUT2D eigenvalue weighted by molar-refractivity contribution is 5.89. The van der Waals surface area contributed by atoms with E-state index in [4.69, 9.17) is 52.4 Å². The second-order valence-corrected chi connectivity index (χ2v) is 30.6. The number of hydrogen-bond donors (Lipinski definition) is 5. The molecule has 2 aromatic heterocycles. The van der Waals surface area contributed by atoms with Gasteiger partial charge in [-0.1, -0.05) is 26.0 Å². The number of nitrogens with zero attached hydrogens (tertiary/aromatic N) is 2. The van der Waals surface area contributed by atoms with Crippen molar-refractivity contribution < 1.29 is 91.8 Å². The van der Waals surface area contributed by atoms with Crippen molar-refractivity contribution in [3.8, 4) is 17.1 Å². The number of benzene rings is 1. The van der Waals surface area contributed by atoms with Crippen molar-refractivity contribution >= 4 is 40.7 Å². The maximum atomic E-state index is 14.4. The Kier molecular flexibility index (Phi) is 28.0. The van der Waals surface area contributed by atoms with E-state index in [0.29, 0.717) is 93.2 Å². The van der Waals surface area contributed by atoms with Crippen LogP contribution >= 0.6 is 0 Å². The van der Waals surface area contributed by atoms with Gasteiger partial charge < -0.3 is 77.7 Å². The number of rotatable bonds is 44. The van der Waals surface area contributed by atoms with Gasteiger partial charge in [0.2, 0.25) is 5.91 Å². The normalized spacial score (nSPS) is 16.2. The van der Waals surface area contributed by atoms with Crippen LogP contribution in [0, 0.1) is 11.8 Å². The van der Waals surface area contributed by atoms with E-state index in [2.05, 4.69) is 11.9 Å². The lowest BCUT2D eigenvalue weighted by atomic mass is 9.66. The number of aromatic nitrogens is 2. The first-order valence-electron chi connectivity index (χ1n) is 33.7. The summed E-state index contributed by atoms with van der Waals surface area (Å²) in [7, 11) is 0. The molecule has 3 unspecified atom stereocenters. The maximum absolute atomic E-state index is 14.4. The fourth-order valence-electron chi connectivity index (χ4n) is 12.4. The molecule has 0 fully saturated rings. The van der Waals surface area contributed by atoms with E-state index >= 15 is 0 Å². The van der Waals surface area contributed by atoms with Crippen LogP contribution in [-0.2, 0) is 96.1 Å². The lowest BCUT2D eigenvalue weighted by Gasteiger charge is -2.42. The van der Waals surface area contributed by atoms with E-state index in [1.165, 1.54) is 0 Å². The van der Waals surface area contributed by atoms with Gasteiger partial charge in [0.25, 0.3) is 5.56 Å². The molecule has 5 rings (SSSR count). The van der Waals surface area contributed by atoms with Gasteiger partial charge in [0, 0.05) is 28.3 Å². The summed E-state index contributed by atoms with van der Waals surface area (Å²) in [5.74, 6) is -4.81. The summed E-state index contributed by atoms with van der Waals surface area (Å²) in [4.78, 5) is 80.2. The van der Waals surface area contributed by atoms with Gasteiger partial charge in [-0.05, 0) is 210 Å². The number of carbonyl (C=O) groups is 5. The highest BCUT2D eigenvalue weighted by Gasteiger charge is 2.44. The molecule has 3 atom stereocenters. The summed E-state index contributed by atoms with van der Waals surface area (Å²) in [6, 6.07) is 7.12. The van der Waals surface area contributed by atoms with Crippen LogP contribution in [0.3, 0.4) is 0 Å². The molecule has 23 heteroatoms. The maximum Gasteiger partial charge on any atom is 0.329 e. The van der Waals surface area contributed by atoms with E-state index in [0.717, 1.165) is 27.6 Å². The molecular formula is C73H113N3O20. The molecule has 0 saturated heterocycles. The number of aromatic hydroxyl groups is 1. The summed E-state index contributed by atoms with van der Waals surface area (Å²) < 4.78 is 64.0. The van der Waals surface area contributed by atoms with E-state index in [-0.39, 0.29) is 76.0 Å². The molecule has 540 valence electrons.